The summed E-state index contributed by atoms with van der Waals surface area (Å²) in [6.45, 7) is 9.65. The van der Waals surface area contributed by atoms with Crippen LogP contribution in [0, 0.1) is 6.92 Å². The minimum absolute atomic E-state index is 0.0891. The average molecular weight is 428 g/mol. The molecule has 2 aromatic rings. The maximum atomic E-state index is 13.0. The number of aryl methyl sites for hydroxylation is 1. The summed E-state index contributed by atoms with van der Waals surface area (Å²) in [5, 5.41) is 0. The maximum Gasteiger partial charge on any atom is 0.253 e. The summed E-state index contributed by atoms with van der Waals surface area (Å²) in [6, 6.07) is 14.6. The Hall–Kier alpha value is -2.48. The SMILES string of the molecule is C=CCNS(=O)(=O)c1cccc(C(=O)N2CCCN(Cc3ccccc3C)CC2)c1. The molecule has 0 spiro atoms. The van der Waals surface area contributed by atoms with Crippen molar-refractivity contribution in [3.8, 4) is 0 Å². The Morgan fingerprint density at radius 3 is 2.67 bits per heavy atom. The molecule has 0 saturated carbocycles. The molecule has 1 fully saturated rings. The molecule has 1 aliphatic rings. The molecule has 2 aromatic carbocycles. The molecule has 1 heterocycles. The van der Waals surface area contributed by atoms with Crippen molar-refractivity contribution >= 4 is 15.9 Å². The number of nitrogens with zero attached hydrogens (tertiary/aromatic N) is 2. The summed E-state index contributed by atoms with van der Waals surface area (Å²) in [5.74, 6) is -0.131. The zero-order valence-corrected chi connectivity index (χ0v) is 18.2. The lowest BCUT2D eigenvalue weighted by atomic mass is 10.1. The molecule has 30 heavy (non-hydrogen) atoms. The molecule has 1 amide bonds. The number of nitrogens with one attached hydrogen (secondary N) is 1. The highest BCUT2D eigenvalue weighted by molar-refractivity contribution is 7.89. The first kappa shape index (κ1) is 22.2. The first-order valence-corrected chi connectivity index (χ1v) is 11.7. The molecule has 1 N–H and O–H groups in total. The molecule has 0 atom stereocenters. The number of hydrogen-bond acceptors (Lipinski definition) is 4. The van der Waals surface area contributed by atoms with E-state index in [0.29, 0.717) is 18.7 Å². The molecule has 0 bridgehead atoms. The number of amides is 1. The van der Waals surface area contributed by atoms with Gasteiger partial charge < -0.3 is 4.90 Å². The van der Waals surface area contributed by atoms with Gasteiger partial charge in [-0.15, -0.1) is 6.58 Å². The number of hydrogen-bond donors (Lipinski definition) is 1. The third-order valence-electron chi connectivity index (χ3n) is 5.34. The van der Waals surface area contributed by atoms with Crippen LogP contribution in [0.3, 0.4) is 0 Å². The van der Waals surface area contributed by atoms with Gasteiger partial charge in [-0.05, 0) is 42.7 Å². The fraction of sp³-hybridized carbons (Fsp3) is 0.348. The average Bonchev–Trinajstić information content (AvgIpc) is 2.99. The minimum Gasteiger partial charge on any atom is -0.337 e. The molecule has 0 radical (unpaired) electrons. The van der Waals surface area contributed by atoms with Crippen LogP contribution >= 0.6 is 0 Å². The van der Waals surface area contributed by atoms with E-state index in [0.717, 1.165) is 26.1 Å². The minimum atomic E-state index is -3.66. The third kappa shape index (κ3) is 5.56. The van der Waals surface area contributed by atoms with Gasteiger partial charge in [0.1, 0.15) is 0 Å². The van der Waals surface area contributed by atoms with Gasteiger partial charge >= 0.3 is 0 Å². The highest BCUT2D eigenvalue weighted by Gasteiger charge is 2.22. The summed E-state index contributed by atoms with van der Waals surface area (Å²) >= 11 is 0. The van der Waals surface area contributed by atoms with Crippen LogP contribution in [-0.2, 0) is 16.6 Å². The Kier molecular flexibility index (Phi) is 7.42. The summed E-state index contributed by atoms with van der Waals surface area (Å²) in [4.78, 5) is 17.3. The van der Waals surface area contributed by atoms with Crippen molar-refractivity contribution in [3.05, 3.63) is 77.9 Å². The topological polar surface area (TPSA) is 69.7 Å². The zero-order chi connectivity index (χ0) is 21.6. The van der Waals surface area contributed by atoms with E-state index in [1.165, 1.54) is 29.3 Å². The monoisotopic (exact) mass is 427 g/mol. The van der Waals surface area contributed by atoms with Gasteiger partial charge in [0.05, 0.1) is 4.90 Å². The molecule has 0 aromatic heterocycles. The van der Waals surface area contributed by atoms with Gasteiger partial charge in [0.25, 0.3) is 5.91 Å². The number of rotatable bonds is 7. The van der Waals surface area contributed by atoms with E-state index in [2.05, 4.69) is 41.3 Å². The van der Waals surface area contributed by atoms with E-state index in [1.54, 1.807) is 12.1 Å². The van der Waals surface area contributed by atoms with Crippen LogP contribution in [0.1, 0.15) is 27.9 Å². The van der Waals surface area contributed by atoms with Gasteiger partial charge in [-0.3, -0.25) is 9.69 Å². The van der Waals surface area contributed by atoms with Gasteiger partial charge in [0.2, 0.25) is 10.0 Å². The lowest BCUT2D eigenvalue weighted by Crippen LogP contribution is -2.35. The Labute approximate surface area is 179 Å². The van der Waals surface area contributed by atoms with Crippen molar-refractivity contribution in [3.63, 3.8) is 0 Å². The second-order valence-corrected chi connectivity index (χ2v) is 9.28. The summed E-state index contributed by atoms with van der Waals surface area (Å²) < 4.78 is 27.1. The normalized spacial score (nSPS) is 15.6. The molecule has 1 aliphatic heterocycles. The van der Waals surface area contributed by atoms with Gasteiger partial charge in [-0.2, -0.15) is 0 Å². The van der Waals surface area contributed by atoms with Crippen molar-refractivity contribution < 1.29 is 13.2 Å². The number of benzene rings is 2. The van der Waals surface area contributed by atoms with Gasteiger partial charge in [-0.1, -0.05) is 36.4 Å². The molecule has 160 valence electrons. The predicted molar refractivity (Wildman–Crippen MR) is 119 cm³/mol. The van der Waals surface area contributed by atoms with Gasteiger partial charge in [-0.25, -0.2) is 13.1 Å². The van der Waals surface area contributed by atoms with Crippen LogP contribution in [0.25, 0.3) is 0 Å². The van der Waals surface area contributed by atoms with E-state index in [1.807, 2.05) is 11.0 Å². The Morgan fingerprint density at radius 2 is 1.90 bits per heavy atom. The fourth-order valence-electron chi connectivity index (χ4n) is 3.59. The highest BCUT2D eigenvalue weighted by Crippen LogP contribution is 2.16. The molecule has 1 saturated heterocycles. The molecule has 3 rings (SSSR count). The number of carbonyl (C=O) groups is 1. The highest BCUT2D eigenvalue weighted by atomic mass is 32.2. The smallest absolute Gasteiger partial charge is 0.253 e. The molecule has 6 nitrogen and oxygen atoms in total. The predicted octanol–water partition coefficient (Wildman–Crippen LogP) is 2.81. The van der Waals surface area contributed by atoms with Crippen LogP contribution in [0.15, 0.2) is 66.1 Å². The third-order valence-corrected chi connectivity index (χ3v) is 6.76. The molecule has 0 unspecified atom stereocenters. The van der Waals surface area contributed by atoms with Gasteiger partial charge in [0, 0.05) is 44.8 Å². The fourth-order valence-corrected chi connectivity index (χ4v) is 4.64. The Balaban J connectivity index is 1.67. The van der Waals surface area contributed by atoms with E-state index in [9.17, 15) is 13.2 Å². The molecule has 0 aliphatic carbocycles. The van der Waals surface area contributed by atoms with Crippen molar-refractivity contribution in [2.75, 3.05) is 32.7 Å². The Morgan fingerprint density at radius 1 is 1.10 bits per heavy atom. The summed E-state index contributed by atoms with van der Waals surface area (Å²) in [7, 11) is -3.66. The van der Waals surface area contributed by atoms with Crippen LogP contribution in [0.5, 0.6) is 0 Å². The van der Waals surface area contributed by atoms with Crippen molar-refractivity contribution in [1.29, 1.82) is 0 Å². The van der Waals surface area contributed by atoms with Gasteiger partial charge in [0.15, 0.2) is 0 Å². The number of carbonyl (C=O) groups excluding carboxylic acids is 1. The summed E-state index contributed by atoms with van der Waals surface area (Å²) in [6.07, 6.45) is 2.36. The summed E-state index contributed by atoms with van der Waals surface area (Å²) in [5.41, 5.74) is 2.98. The van der Waals surface area contributed by atoms with E-state index in [4.69, 9.17) is 0 Å². The lowest BCUT2D eigenvalue weighted by molar-refractivity contribution is 0.0761. The van der Waals surface area contributed by atoms with E-state index < -0.39 is 10.0 Å². The zero-order valence-electron chi connectivity index (χ0n) is 17.4. The largest absolute Gasteiger partial charge is 0.337 e. The molecular formula is C23H29N3O3S. The van der Waals surface area contributed by atoms with Crippen LogP contribution in [0.2, 0.25) is 0 Å². The van der Waals surface area contributed by atoms with Crippen LogP contribution in [0.4, 0.5) is 0 Å². The lowest BCUT2D eigenvalue weighted by Gasteiger charge is -2.23. The molecular weight excluding hydrogens is 398 g/mol. The van der Waals surface area contributed by atoms with Crippen molar-refractivity contribution in [1.82, 2.24) is 14.5 Å². The standard InChI is InChI=1S/C23H29N3O3S/c1-3-12-24-30(28,29)22-11-6-10-20(17-22)23(27)26-14-7-13-25(15-16-26)18-21-9-5-4-8-19(21)2/h3-6,8-11,17,24H,1,7,12-16,18H2,2H3. The maximum absolute atomic E-state index is 13.0. The Bertz CT molecular complexity index is 1000. The second kappa shape index (κ2) is 10.0. The van der Waals surface area contributed by atoms with Crippen molar-refractivity contribution in [2.24, 2.45) is 0 Å². The second-order valence-electron chi connectivity index (χ2n) is 7.52. The quantitative estimate of drug-likeness (QED) is 0.690. The first-order chi connectivity index (χ1) is 14.4. The first-order valence-electron chi connectivity index (χ1n) is 10.2. The van der Waals surface area contributed by atoms with E-state index in [-0.39, 0.29) is 17.3 Å². The van der Waals surface area contributed by atoms with Crippen LogP contribution in [-0.4, -0.2) is 56.8 Å². The van der Waals surface area contributed by atoms with Crippen LogP contribution < -0.4 is 4.72 Å². The van der Waals surface area contributed by atoms with E-state index >= 15 is 0 Å². The molecule has 7 heteroatoms. The van der Waals surface area contributed by atoms with Crippen molar-refractivity contribution in [2.45, 2.75) is 24.8 Å². The number of sulfonamides is 1.